The van der Waals surface area contributed by atoms with Crippen molar-refractivity contribution in [2.24, 2.45) is 5.84 Å². The van der Waals surface area contributed by atoms with Crippen LogP contribution >= 0.6 is 0 Å². The van der Waals surface area contributed by atoms with Crippen molar-refractivity contribution in [3.63, 3.8) is 0 Å². The first kappa shape index (κ1) is 17.6. The fraction of sp³-hybridized carbons (Fsp3) is 0.120. The highest BCUT2D eigenvalue weighted by molar-refractivity contribution is 6.41. The molecule has 2 aliphatic rings. The van der Waals surface area contributed by atoms with Crippen LogP contribution in [0.2, 0.25) is 0 Å². The SMILES string of the molecule is CC1(C)c2ccccc2N(N)c2ccc(C=C3C(=O)c4ccccc4C3=O)cc21. The van der Waals surface area contributed by atoms with Crippen molar-refractivity contribution in [2.45, 2.75) is 19.3 Å². The number of para-hydroxylation sites is 1. The van der Waals surface area contributed by atoms with Gasteiger partial charge in [0.05, 0.1) is 16.9 Å². The largest absolute Gasteiger partial charge is 0.288 e. The van der Waals surface area contributed by atoms with E-state index in [1.807, 2.05) is 36.4 Å². The first-order chi connectivity index (χ1) is 13.9. The second kappa shape index (κ2) is 6.00. The Balaban J connectivity index is 1.63. The zero-order chi connectivity index (χ0) is 20.3. The number of rotatable bonds is 1. The third-order valence-corrected chi connectivity index (χ3v) is 6.01. The summed E-state index contributed by atoms with van der Waals surface area (Å²) in [6, 6.07) is 20.9. The molecule has 1 heterocycles. The maximum Gasteiger partial charge on any atom is 0.197 e. The summed E-state index contributed by atoms with van der Waals surface area (Å²) in [5.41, 5.74) is 5.81. The molecule has 0 unspecified atom stereocenters. The molecule has 0 spiro atoms. The standard InChI is InChI=1S/C25H20N2O2/c1-25(2)19-9-5-6-10-21(19)27(26)22-12-11-15(14-20(22)25)13-18-23(28)16-7-3-4-8-17(16)24(18)29/h3-14H,26H2,1-2H3. The lowest BCUT2D eigenvalue weighted by Crippen LogP contribution is -2.36. The van der Waals surface area contributed by atoms with E-state index in [1.165, 1.54) is 0 Å². The van der Waals surface area contributed by atoms with Gasteiger partial charge in [0.15, 0.2) is 11.6 Å². The summed E-state index contributed by atoms with van der Waals surface area (Å²) in [5.74, 6) is 5.98. The predicted octanol–water partition coefficient (Wildman–Crippen LogP) is 4.80. The van der Waals surface area contributed by atoms with Gasteiger partial charge in [-0.15, -0.1) is 0 Å². The lowest BCUT2D eigenvalue weighted by atomic mass is 9.73. The van der Waals surface area contributed by atoms with Crippen LogP contribution in [0.5, 0.6) is 0 Å². The summed E-state index contributed by atoms with van der Waals surface area (Å²) in [6.07, 6.45) is 1.70. The summed E-state index contributed by atoms with van der Waals surface area (Å²) < 4.78 is 0. The van der Waals surface area contributed by atoms with Gasteiger partial charge in [0, 0.05) is 16.5 Å². The average Bonchev–Trinajstić information content (AvgIpc) is 2.97. The van der Waals surface area contributed by atoms with Gasteiger partial charge in [0.25, 0.3) is 0 Å². The van der Waals surface area contributed by atoms with Crippen LogP contribution in [0.1, 0.15) is 51.3 Å². The predicted molar refractivity (Wildman–Crippen MR) is 114 cm³/mol. The normalized spacial score (nSPS) is 16.4. The number of carbonyl (C=O) groups excluding carboxylic acids is 2. The zero-order valence-corrected chi connectivity index (χ0v) is 16.3. The van der Waals surface area contributed by atoms with Gasteiger partial charge in [-0.2, -0.15) is 0 Å². The number of nitrogens with two attached hydrogens (primary N) is 1. The van der Waals surface area contributed by atoms with E-state index in [2.05, 4.69) is 19.9 Å². The van der Waals surface area contributed by atoms with Crippen LogP contribution in [0.3, 0.4) is 0 Å². The Morgan fingerprint density at radius 3 is 2.07 bits per heavy atom. The third kappa shape index (κ3) is 2.43. The van der Waals surface area contributed by atoms with Crippen LogP contribution in [0.15, 0.2) is 72.3 Å². The molecule has 29 heavy (non-hydrogen) atoms. The highest BCUT2D eigenvalue weighted by atomic mass is 16.2. The monoisotopic (exact) mass is 380 g/mol. The van der Waals surface area contributed by atoms with Crippen molar-refractivity contribution in [3.8, 4) is 0 Å². The molecule has 0 saturated heterocycles. The van der Waals surface area contributed by atoms with E-state index >= 15 is 0 Å². The number of fused-ring (bicyclic) bond motifs is 3. The Hall–Kier alpha value is -3.50. The van der Waals surface area contributed by atoms with E-state index in [1.54, 1.807) is 35.4 Å². The van der Waals surface area contributed by atoms with Crippen LogP contribution < -0.4 is 10.9 Å². The number of carbonyl (C=O) groups is 2. The minimum atomic E-state index is -0.261. The molecule has 1 aliphatic heterocycles. The molecular formula is C25H20N2O2. The molecule has 4 heteroatoms. The first-order valence-corrected chi connectivity index (χ1v) is 9.58. The molecule has 3 aromatic carbocycles. The van der Waals surface area contributed by atoms with Gasteiger partial charge in [0.2, 0.25) is 0 Å². The number of hydrogen-bond acceptors (Lipinski definition) is 4. The van der Waals surface area contributed by atoms with Gasteiger partial charge in [-0.1, -0.05) is 62.4 Å². The Morgan fingerprint density at radius 2 is 1.38 bits per heavy atom. The van der Waals surface area contributed by atoms with E-state index < -0.39 is 0 Å². The molecule has 0 bridgehead atoms. The van der Waals surface area contributed by atoms with Crippen LogP contribution in [-0.4, -0.2) is 11.6 Å². The quantitative estimate of drug-likeness (QED) is 0.374. The van der Waals surface area contributed by atoms with Crippen molar-refractivity contribution < 1.29 is 9.59 Å². The lowest BCUT2D eigenvalue weighted by molar-refractivity contribution is 0.0990. The molecule has 4 nitrogen and oxygen atoms in total. The summed E-state index contributed by atoms with van der Waals surface area (Å²) in [5, 5.41) is 1.70. The van der Waals surface area contributed by atoms with Crippen LogP contribution in [0, 0.1) is 0 Å². The first-order valence-electron chi connectivity index (χ1n) is 9.58. The summed E-state index contributed by atoms with van der Waals surface area (Å²) >= 11 is 0. The zero-order valence-electron chi connectivity index (χ0n) is 16.3. The van der Waals surface area contributed by atoms with Crippen molar-refractivity contribution in [3.05, 3.63) is 100 Å². The van der Waals surface area contributed by atoms with Gasteiger partial charge in [-0.05, 0) is 41.0 Å². The summed E-state index contributed by atoms with van der Waals surface area (Å²) in [7, 11) is 0. The average molecular weight is 380 g/mol. The molecule has 1 aliphatic carbocycles. The number of hydrazine groups is 1. The van der Waals surface area contributed by atoms with E-state index in [-0.39, 0.29) is 22.6 Å². The van der Waals surface area contributed by atoms with Gasteiger partial charge in [-0.3, -0.25) is 14.6 Å². The third-order valence-electron chi connectivity index (χ3n) is 6.01. The van der Waals surface area contributed by atoms with Gasteiger partial charge in [0.1, 0.15) is 0 Å². The number of ketones is 2. The highest BCUT2D eigenvalue weighted by Gasteiger charge is 2.36. The second-order valence-electron chi connectivity index (χ2n) is 8.05. The lowest BCUT2D eigenvalue weighted by Gasteiger charge is -2.40. The summed E-state index contributed by atoms with van der Waals surface area (Å²) in [6.45, 7) is 4.33. The van der Waals surface area contributed by atoms with Crippen molar-refractivity contribution >= 4 is 29.0 Å². The van der Waals surface area contributed by atoms with Crippen LogP contribution in [0.4, 0.5) is 11.4 Å². The molecule has 0 fully saturated rings. The smallest absolute Gasteiger partial charge is 0.197 e. The van der Waals surface area contributed by atoms with E-state index in [9.17, 15) is 9.59 Å². The molecule has 142 valence electrons. The summed E-state index contributed by atoms with van der Waals surface area (Å²) in [4.78, 5) is 25.5. The molecule has 3 aromatic rings. The topological polar surface area (TPSA) is 63.4 Å². The molecule has 0 amide bonds. The van der Waals surface area contributed by atoms with Crippen molar-refractivity contribution in [1.29, 1.82) is 0 Å². The Kier molecular flexibility index (Phi) is 3.64. The molecular weight excluding hydrogens is 360 g/mol. The number of allylic oxidation sites excluding steroid dienone is 1. The number of nitrogens with zero attached hydrogens (tertiary/aromatic N) is 1. The molecule has 0 atom stereocenters. The fourth-order valence-electron chi connectivity index (χ4n) is 4.41. The Morgan fingerprint density at radius 1 is 0.793 bits per heavy atom. The molecule has 2 N–H and O–H groups in total. The van der Waals surface area contributed by atoms with Gasteiger partial charge in [-0.25, -0.2) is 5.84 Å². The minimum Gasteiger partial charge on any atom is -0.288 e. The molecule has 0 aromatic heterocycles. The second-order valence-corrected chi connectivity index (χ2v) is 8.05. The maximum absolute atomic E-state index is 12.7. The van der Waals surface area contributed by atoms with E-state index in [0.29, 0.717) is 11.1 Å². The number of anilines is 2. The van der Waals surface area contributed by atoms with E-state index in [4.69, 9.17) is 5.84 Å². The molecule has 5 rings (SSSR count). The molecule has 0 radical (unpaired) electrons. The van der Waals surface area contributed by atoms with Crippen molar-refractivity contribution in [1.82, 2.24) is 0 Å². The van der Waals surface area contributed by atoms with Gasteiger partial charge >= 0.3 is 0 Å². The molecule has 0 saturated carbocycles. The van der Waals surface area contributed by atoms with Crippen LogP contribution in [0.25, 0.3) is 6.08 Å². The van der Waals surface area contributed by atoms with Gasteiger partial charge < -0.3 is 0 Å². The fourth-order valence-corrected chi connectivity index (χ4v) is 4.41. The van der Waals surface area contributed by atoms with Crippen LogP contribution in [-0.2, 0) is 5.41 Å². The minimum absolute atomic E-state index is 0.213. The maximum atomic E-state index is 12.7. The number of hydrogen-bond donors (Lipinski definition) is 1. The number of Topliss-reactive ketones (excluding diaryl/α,β-unsaturated/α-hetero) is 2. The highest BCUT2D eigenvalue weighted by Crippen LogP contribution is 2.47. The Bertz CT molecular complexity index is 1200. The van der Waals surface area contributed by atoms with Crippen molar-refractivity contribution in [2.75, 3.05) is 5.01 Å². The van der Waals surface area contributed by atoms with E-state index in [0.717, 1.165) is 28.1 Å². The Labute approximate surface area is 169 Å². The number of benzene rings is 3.